The van der Waals surface area contributed by atoms with Crippen LogP contribution in [0, 0.1) is 5.41 Å². The van der Waals surface area contributed by atoms with E-state index < -0.39 is 42.3 Å². The van der Waals surface area contributed by atoms with Crippen LogP contribution in [0.3, 0.4) is 0 Å². The van der Waals surface area contributed by atoms with Gasteiger partial charge in [-0.25, -0.2) is 9.79 Å². The fourth-order valence-electron chi connectivity index (χ4n) is 4.50. The summed E-state index contributed by atoms with van der Waals surface area (Å²) in [7, 11) is 0. The highest BCUT2D eigenvalue weighted by Crippen LogP contribution is 2.33. The average molecular weight is 551 g/mol. The van der Waals surface area contributed by atoms with Crippen molar-refractivity contribution in [1.82, 2.24) is 15.5 Å². The molecule has 4 rings (SSSR count). The first-order valence-corrected chi connectivity index (χ1v) is 12.6. The number of carboxylic acids is 1. The van der Waals surface area contributed by atoms with Crippen molar-refractivity contribution < 1.29 is 34.1 Å². The molecule has 2 aliphatic rings. The predicted octanol–water partition coefficient (Wildman–Crippen LogP) is 0.443. The second-order valence-electron chi connectivity index (χ2n) is 9.50. The minimum Gasteiger partial charge on any atom is -0.478 e. The van der Waals surface area contributed by atoms with Crippen molar-refractivity contribution in [2.45, 2.75) is 44.2 Å². The van der Waals surface area contributed by atoms with E-state index in [0.29, 0.717) is 35.2 Å². The third-order valence-corrected chi connectivity index (χ3v) is 6.71. The Morgan fingerprint density at radius 3 is 2.25 bits per heavy atom. The van der Waals surface area contributed by atoms with Crippen LogP contribution in [0.4, 0.5) is 5.69 Å². The maximum atomic E-state index is 12.9. The van der Waals surface area contributed by atoms with Gasteiger partial charge in [-0.05, 0) is 38.0 Å². The van der Waals surface area contributed by atoms with Gasteiger partial charge in [0, 0.05) is 29.8 Å². The van der Waals surface area contributed by atoms with Crippen LogP contribution in [0.2, 0.25) is 0 Å². The first kappa shape index (κ1) is 28.4. The molecule has 210 valence electrons. The van der Waals surface area contributed by atoms with Crippen molar-refractivity contribution in [3.05, 3.63) is 65.2 Å². The van der Waals surface area contributed by atoms with Gasteiger partial charge in [0.1, 0.15) is 23.7 Å². The summed E-state index contributed by atoms with van der Waals surface area (Å²) >= 11 is 0. The van der Waals surface area contributed by atoms with Crippen molar-refractivity contribution in [3.63, 3.8) is 0 Å². The zero-order valence-corrected chi connectivity index (χ0v) is 21.7. The number of para-hydroxylation sites is 1. The fraction of sp³-hybridized carbons (Fsp3) is 0.333. The van der Waals surface area contributed by atoms with Gasteiger partial charge < -0.3 is 36.2 Å². The molecular weight excluding hydrogens is 520 g/mol. The molecule has 2 aromatic carbocycles. The molecule has 7 N–H and O–H groups in total. The Morgan fingerprint density at radius 2 is 1.65 bits per heavy atom. The lowest BCUT2D eigenvalue weighted by atomic mass is 10.1. The summed E-state index contributed by atoms with van der Waals surface area (Å²) in [6.07, 6.45) is -2.88. The first-order valence-electron chi connectivity index (χ1n) is 12.6. The zero-order chi connectivity index (χ0) is 29.0. The molecule has 1 saturated heterocycles. The van der Waals surface area contributed by atoms with E-state index in [0.717, 1.165) is 0 Å². The minimum absolute atomic E-state index is 0.118. The molecule has 1 fully saturated rings. The molecule has 0 radical (unpaired) electrons. The normalized spacial score (nSPS) is 18.2. The second-order valence-corrected chi connectivity index (χ2v) is 9.50. The van der Waals surface area contributed by atoms with Crippen LogP contribution in [-0.4, -0.2) is 81.8 Å². The number of aliphatic imine (C=N–C) groups is 1. The number of hydrogen-bond acceptors (Lipinski definition) is 8. The molecule has 0 aliphatic carbocycles. The quantitative estimate of drug-likeness (QED) is 0.146. The van der Waals surface area contributed by atoms with Crippen molar-refractivity contribution in [1.29, 1.82) is 5.41 Å². The number of amides is 3. The molecule has 0 saturated carbocycles. The molecule has 0 spiro atoms. The van der Waals surface area contributed by atoms with E-state index in [1.807, 2.05) is 0 Å². The number of likely N-dealkylation sites (tertiary alicyclic amines) is 1. The number of carboxylic acid groups (broad SMARTS) is 1. The number of nitrogen functional groups attached to an aromatic ring is 1. The molecule has 0 bridgehead atoms. The van der Waals surface area contributed by atoms with Crippen LogP contribution in [0.5, 0.6) is 0 Å². The lowest BCUT2D eigenvalue weighted by Crippen LogP contribution is -2.52. The van der Waals surface area contributed by atoms with E-state index >= 15 is 0 Å². The van der Waals surface area contributed by atoms with E-state index in [1.165, 1.54) is 12.1 Å². The molecule has 0 aromatic heterocycles. The number of piperidine rings is 1. The summed E-state index contributed by atoms with van der Waals surface area (Å²) in [6.45, 7) is 2.09. The van der Waals surface area contributed by atoms with E-state index in [2.05, 4.69) is 15.6 Å². The van der Waals surface area contributed by atoms with Gasteiger partial charge in [0.2, 0.25) is 12.1 Å². The van der Waals surface area contributed by atoms with Crippen LogP contribution in [-0.2, 0) is 19.1 Å². The lowest BCUT2D eigenvalue weighted by Gasteiger charge is -2.34. The highest BCUT2D eigenvalue weighted by molar-refractivity contribution is 6.42. The number of carbonyl (C=O) groups excluding carboxylic acids is 3. The molecule has 2 heterocycles. The van der Waals surface area contributed by atoms with E-state index in [1.54, 1.807) is 48.2 Å². The van der Waals surface area contributed by atoms with Crippen molar-refractivity contribution >= 4 is 40.9 Å². The third-order valence-electron chi connectivity index (χ3n) is 6.71. The number of benzene rings is 2. The number of hydrogen-bond donors (Lipinski definition) is 6. The van der Waals surface area contributed by atoms with E-state index in [-0.39, 0.29) is 30.5 Å². The van der Waals surface area contributed by atoms with Crippen molar-refractivity contribution in [2.24, 2.45) is 10.7 Å². The molecule has 13 nitrogen and oxygen atoms in total. The second kappa shape index (κ2) is 12.1. The number of ether oxygens (including phenoxy) is 1. The van der Waals surface area contributed by atoms with Gasteiger partial charge in [0.15, 0.2) is 0 Å². The van der Waals surface area contributed by atoms with Crippen LogP contribution >= 0.6 is 0 Å². The van der Waals surface area contributed by atoms with Crippen molar-refractivity contribution in [2.75, 3.05) is 13.1 Å². The number of nitrogens with two attached hydrogens (primary N) is 1. The van der Waals surface area contributed by atoms with Crippen LogP contribution in [0.15, 0.2) is 53.5 Å². The number of nitrogens with one attached hydrogen (secondary N) is 3. The Kier molecular flexibility index (Phi) is 8.55. The number of aliphatic hydroxyl groups is 1. The van der Waals surface area contributed by atoms with Crippen LogP contribution in [0.1, 0.15) is 47.4 Å². The SMILES string of the molecule is CC(NC(=O)c1ccc(C(=N)N)cc1)C(=O)N1CCC(OC(NC(=O)C2=Nc3ccccc3C2O)C(=O)O)CC1. The average Bonchev–Trinajstić information content (AvgIpc) is 3.29. The summed E-state index contributed by atoms with van der Waals surface area (Å²) in [5.41, 5.74) is 6.88. The van der Waals surface area contributed by atoms with Crippen LogP contribution in [0.25, 0.3) is 0 Å². The Hall–Kier alpha value is -4.62. The summed E-state index contributed by atoms with van der Waals surface area (Å²) in [4.78, 5) is 55.6. The Balaban J connectivity index is 1.27. The fourth-order valence-corrected chi connectivity index (χ4v) is 4.50. The number of nitrogens with zero attached hydrogens (tertiary/aromatic N) is 2. The van der Waals surface area contributed by atoms with Gasteiger partial charge in [-0.1, -0.05) is 30.3 Å². The Labute approximate surface area is 229 Å². The predicted molar refractivity (Wildman–Crippen MR) is 143 cm³/mol. The number of amidine groups is 1. The largest absolute Gasteiger partial charge is 0.478 e. The summed E-state index contributed by atoms with van der Waals surface area (Å²) in [6, 6.07) is 12.0. The Morgan fingerprint density at radius 1 is 1.02 bits per heavy atom. The zero-order valence-electron chi connectivity index (χ0n) is 21.7. The number of aliphatic hydroxyl groups excluding tert-OH is 1. The van der Waals surface area contributed by atoms with E-state index in [4.69, 9.17) is 15.9 Å². The highest BCUT2D eigenvalue weighted by atomic mass is 16.5. The maximum Gasteiger partial charge on any atom is 0.354 e. The smallest absolute Gasteiger partial charge is 0.354 e. The van der Waals surface area contributed by atoms with Gasteiger partial charge in [-0.15, -0.1) is 0 Å². The topological polar surface area (TPSA) is 207 Å². The number of fused-ring (bicyclic) bond motifs is 1. The maximum absolute atomic E-state index is 12.9. The number of aliphatic carboxylic acids is 1. The van der Waals surface area contributed by atoms with Gasteiger partial charge in [0.05, 0.1) is 11.8 Å². The summed E-state index contributed by atoms with van der Waals surface area (Å²) < 4.78 is 5.63. The minimum atomic E-state index is -1.68. The molecule has 3 unspecified atom stereocenters. The molecule has 13 heteroatoms. The van der Waals surface area contributed by atoms with Gasteiger partial charge in [0.25, 0.3) is 11.8 Å². The summed E-state index contributed by atoms with van der Waals surface area (Å²) in [5.74, 6) is -3.14. The lowest BCUT2D eigenvalue weighted by molar-refractivity contribution is -0.162. The molecule has 2 aliphatic heterocycles. The Bertz CT molecular complexity index is 1350. The molecule has 2 aromatic rings. The van der Waals surface area contributed by atoms with Crippen LogP contribution < -0.4 is 16.4 Å². The molecular formula is C27H30N6O7. The standard InChI is InChI=1S/C27H30N6O7/c1-14(30-23(35)16-8-6-15(7-9-16)22(28)29)26(37)33-12-10-17(11-13-33)40-25(27(38)39)32-24(36)20-21(34)18-4-2-3-5-19(18)31-20/h2-9,14,17,21,25,34H,10-13H2,1H3,(H3,28,29)(H,30,35)(H,32,36)(H,38,39). The molecule has 40 heavy (non-hydrogen) atoms. The highest BCUT2D eigenvalue weighted by Gasteiger charge is 2.35. The molecule has 3 atom stereocenters. The first-order chi connectivity index (χ1) is 19.0. The van der Waals surface area contributed by atoms with Gasteiger partial charge in [-0.3, -0.25) is 19.8 Å². The van der Waals surface area contributed by atoms with Crippen molar-refractivity contribution in [3.8, 4) is 0 Å². The third kappa shape index (κ3) is 6.33. The monoisotopic (exact) mass is 550 g/mol. The number of rotatable bonds is 9. The number of carbonyl (C=O) groups is 4. The van der Waals surface area contributed by atoms with E-state index in [9.17, 15) is 29.4 Å². The van der Waals surface area contributed by atoms with Gasteiger partial charge in [-0.2, -0.15) is 0 Å². The van der Waals surface area contributed by atoms with Gasteiger partial charge >= 0.3 is 5.97 Å². The molecule has 3 amide bonds. The summed E-state index contributed by atoms with van der Waals surface area (Å²) in [5, 5.41) is 32.4.